The molecule has 32 heavy (non-hydrogen) atoms. The number of amides is 1. The molecule has 0 saturated carbocycles. The molecule has 0 atom stereocenters. The number of benzene rings is 2. The number of rotatable bonds is 5. The van der Waals surface area contributed by atoms with E-state index < -0.39 is 5.91 Å². The van der Waals surface area contributed by atoms with Gasteiger partial charge in [-0.25, -0.2) is 10.1 Å². The first-order valence-electron chi connectivity index (χ1n) is 9.13. The molecule has 0 radical (unpaired) electrons. The Kier molecular flexibility index (Phi) is 4.88. The average molecular weight is 453 g/mol. The molecule has 1 aliphatic heterocycles. The van der Waals surface area contributed by atoms with E-state index in [-0.39, 0.29) is 29.8 Å². The maximum atomic E-state index is 12.9. The molecule has 1 amide bonds. The minimum Gasteiger partial charge on any atom is -0.454 e. The lowest BCUT2D eigenvalue weighted by molar-refractivity contribution is 0.0950. The minimum atomic E-state index is -0.614. The van der Waals surface area contributed by atoms with Crippen LogP contribution in [0, 0.1) is 0 Å². The molecular weight excluding hydrogens is 440 g/mol. The quantitative estimate of drug-likeness (QED) is 0.341. The average Bonchev–Trinajstić information content (AvgIpc) is 3.52. The molecule has 0 saturated heterocycles. The van der Waals surface area contributed by atoms with Crippen molar-refractivity contribution >= 4 is 29.5 Å². The number of nitrogens with zero attached hydrogens (tertiary/aromatic N) is 6. The van der Waals surface area contributed by atoms with E-state index in [0.29, 0.717) is 27.6 Å². The van der Waals surface area contributed by atoms with Crippen LogP contribution in [0.5, 0.6) is 11.5 Å². The summed E-state index contributed by atoms with van der Waals surface area (Å²) in [6.45, 7) is 0.0992. The SMILES string of the molecule is Nc1nonc1-n1nnc(C(=O)N/N=C/c2cccc(Cl)c2)c1-c1ccc2c(c1)OCO2. The highest BCUT2D eigenvalue weighted by atomic mass is 35.5. The van der Waals surface area contributed by atoms with E-state index >= 15 is 0 Å². The van der Waals surface area contributed by atoms with Crippen molar-refractivity contribution in [1.29, 1.82) is 0 Å². The smallest absolute Gasteiger partial charge is 0.294 e. The van der Waals surface area contributed by atoms with Crippen LogP contribution < -0.4 is 20.6 Å². The molecule has 13 heteroatoms. The largest absolute Gasteiger partial charge is 0.454 e. The summed E-state index contributed by atoms with van der Waals surface area (Å²) in [5, 5.41) is 19.8. The van der Waals surface area contributed by atoms with Crippen LogP contribution in [0.15, 0.2) is 52.2 Å². The molecule has 4 aromatic rings. The number of nitrogens with two attached hydrogens (primary N) is 1. The normalized spacial score (nSPS) is 12.4. The van der Waals surface area contributed by atoms with Gasteiger partial charge in [0.2, 0.25) is 18.4 Å². The van der Waals surface area contributed by atoms with E-state index in [1.807, 2.05) is 0 Å². The van der Waals surface area contributed by atoms with E-state index in [1.54, 1.807) is 42.5 Å². The van der Waals surface area contributed by atoms with Gasteiger partial charge >= 0.3 is 0 Å². The van der Waals surface area contributed by atoms with Gasteiger partial charge in [0.15, 0.2) is 17.2 Å². The zero-order valence-corrected chi connectivity index (χ0v) is 16.9. The van der Waals surface area contributed by atoms with Crippen molar-refractivity contribution < 1.29 is 18.9 Å². The fourth-order valence-electron chi connectivity index (χ4n) is 3.03. The lowest BCUT2D eigenvalue weighted by Crippen LogP contribution is -2.19. The van der Waals surface area contributed by atoms with Crippen LogP contribution in [0.2, 0.25) is 5.02 Å². The molecule has 160 valence electrons. The summed E-state index contributed by atoms with van der Waals surface area (Å²) in [4.78, 5) is 12.9. The monoisotopic (exact) mass is 452 g/mol. The fraction of sp³-hybridized carbons (Fsp3) is 0.0526. The number of fused-ring (bicyclic) bond motifs is 1. The summed E-state index contributed by atoms with van der Waals surface area (Å²) in [5.74, 6) is 0.519. The molecule has 3 heterocycles. The fourth-order valence-corrected chi connectivity index (χ4v) is 3.23. The van der Waals surface area contributed by atoms with Gasteiger partial charge < -0.3 is 15.2 Å². The molecule has 0 fully saturated rings. The third-order valence-electron chi connectivity index (χ3n) is 4.46. The van der Waals surface area contributed by atoms with Crippen LogP contribution in [0.3, 0.4) is 0 Å². The summed E-state index contributed by atoms with van der Waals surface area (Å²) < 4.78 is 16.7. The first-order chi connectivity index (χ1) is 15.6. The van der Waals surface area contributed by atoms with Gasteiger partial charge in [-0.3, -0.25) is 4.79 Å². The Bertz CT molecular complexity index is 1350. The summed E-state index contributed by atoms with van der Waals surface area (Å²) in [5.41, 5.74) is 9.74. The van der Waals surface area contributed by atoms with Crippen molar-refractivity contribution in [3.05, 3.63) is 58.7 Å². The van der Waals surface area contributed by atoms with Gasteiger partial charge in [-0.2, -0.15) is 9.78 Å². The molecule has 0 bridgehead atoms. The van der Waals surface area contributed by atoms with Crippen LogP contribution in [0.1, 0.15) is 16.1 Å². The van der Waals surface area contributed by atoms with E-state index in [1.165, 1.54) is 10.9 Å². The number of hydrogen-bond acceptors (Lipinski definition) is 10. The Morgan fingerprint density at radius 2 is 2.06 bits per heavy atom. The molecule has 3 N–H and O–H groups in total. The summed E-state index contributed by atoms with van der Waals surface area (Å²) >= 11 is 5.96. The van der Waals surface area contributed by atoms with Crippen molar-refractivity contribution in [1.82, 2.24) is 30.7 Å². The van der Waals surface area contributed by atoms with Gasteiger partial charge in [-0.1, -0.05) is 28.9 Å². The topological polar surface area (TPSA) is 156 Å². The van der Waals surface area contributed by atoms with Crippen LogP contribution >= 0.6 is 11.6 Å². The maximum absolute atomic E-state index is 12.9. The summed E-state index contributed by atoms with van der Waals surface area (Å²) in [6, 6.07) is 12.1. The van der Waals surface area contributed by atoms with E-state index in [4.69, 9.17) is 26.8 Å². The number of aromatic nitrogens is 5. The predicted octanol–water partition coefficient (Wildman–Crippen LogP) is 2.05. The molecule has 2 aromatic carbocycles. The van der Waals surface area contributed by atoms with E-state index in [2.05, 4.69) is 35.8 Å². The van der Waals surface area contributed by atoms with Gasteiger partial charge in [-0.05, 0) is 46.2 Å². The number of nitrogen functional groups attached to an aromatic ring is 1. The Morgan fingerprint density at radius 3 is 2.88 bits per heavy atom. The van der Waals surface area contributed by atoms with Gasteiger partial charge in [-0.15, -0.1) is 5.10 Å². The summed E-state index contributed by atoms with van der Waals surface area (Å²) in [7, 11) is 0. The lowest BCUT2D eigenvalue weighted by Gasteiger charge is -2.07. The van der Waals surface area contributed by atoms with Crippen molar-refractivity contribution in [3.63, 3.8) is 0 Å². The molecule has 0 spiro atoms. The van der Waals surface area contributed by atoms with Crippen LogP contribution in [-0.4, -0.2) is 44.2 Å². The molecular formula is C19H13ClN8O4. The molecule has 12 nitrogen and oxygen atoms in total. The van der Waals surface area contributed by atoms with Crippen molar-refractivity contribution in [2.75, 3.05) is 12.5 Å². The van der Waals surface area contributed by atoms with E-state index in [9.17, 15) is 4.79 Å². The number of halogens is 1. The van der Waals surface area contributed by atoms with Crippen LogP contribution in [-0.2, 0) is 0 Å². The Hall–Kier alpha value is -4.45. The first-order valence-corrected chi connectivity index (χ1v) is 9.51. The number of anilines is 1. The second-order valence-corrected chi connectivity index (χ2v) is 6.93. The number of hydrazone groups is 1. The number of hydrogen-bond donors (Lipinski definition) is 2. The lowest BCUT2D eigenvalue weighted by atomic mass is 10.1. The van der Waals surface area contributed by atoms with Crippen LogP contribution in [0.4, 0.5) is 5.82 Å². The highest BCUT2D eigenvalue weighted by molar-refractivity contribution is 6.30. The second-order valence-electron chi connectivity index (χ2n) is 6.49. The van der Waals surface area contributed by atoms with Crippen molar-refractivity contribution in [3.8, 4) is 28.6 Å². The molecule has 5 rings (SSSR count). The zero-order valence-electron chi connectivity index (χ0n) is 16.1. The standard InChI is InChI=1S/C19H13ClN8O4/c20-12-3-1-2-10(6-12)8-22-24-19(29)15-16(11-4-5-13-14(7-11)31-9-30-13)28(27-23-15)18-17(21)25-32-26-18/h1-8H,9H2,(H2,21,25)(H,24,29)/b22-8+. The number of carbonyl (C=O) groups is 1. The van der Waals surface area contributed by atoms with Gasteiger partial charge in [0, 0.05) is 10.6 Å². The third kappa shape index (κ3) is 3.58. The molecule has 0 aliphatic carbocycles. The first kappa shape index (κ1) is 19.5. The van der Waals surface area contributed by atoms with Gasteiger partial charge in [0.05, 0.1) is 6.21 Å². The highest BCUT2D eigenvalue weighted by Crippen LogP contribution is 2.37. The molecule has 0 unspecified atom stereocenters. The Labute approximate surface area is 184 Å². The Balaban J connectivity index is 1.51. The summed E-state index contributed by atoms with van der Waals surface area (Å²) in [6.07, 6.45) is 1.45. The van der Waals surface area contributed by atoms with Gasteiger partial charge in [0.1, 0.15) is 5.69 Å². The zero-order chi connectivity index (χ0) is 22.1. The number of carbonyl (C=O) groups excluding carboxylic acids is 1. The van der Waals surface area contributed by atoms with Crippen molar-refractivity contribution in [2.45, 2.75) is 0 Å². The number of nitrogens with one attached hydrogen (secondary N) is 1. The second kappa shape index (κ2) is 8.00. The molecule has 1 aliphatic rings. The third-order valence-corrected chi connectivity index (χ3v) is 4.69. The number of ether oxygens (including phenoxy) is 2. The van der Waals surface area contributed by atoms with Crippen molar-refractivity contribution in [2.24, 2.45) is 5.10 Å². The van der Waals surface area contributed by atoms with E-state index in [0.717, 1.165) is 0 Å². The maximum Gasteiger partial charge on any atom is 0.294 e. The minimum absolute atomic E-state index is 0.0252. The predicted molar refractivity (Wildman–Crippen MR) is 112 cm³/mol. The molecule has 2 aromatic heterocycles. The Morgan fingerprint density at radius 1 is 1.19 bits per heavy atom. The highest BCUT2D eigenvalue weighted by Gasteiger charge is 2.26. The van der Waals surface area contributed by atoms with Gasteiger partial charge in [0.25, 0.3) is 5.91 Å². The van der Waals surface area contributed by atoms with Crippen LogP contribution in [0.25, 0.3) is 17.1 Å².